The maximum Gasteiger partial charge on any atom is 0.411 e. The molecule has 1 amide bonds. The Balaban J connectivity index is 2.78. The van der Waals surface area contributed by atoms with Gasteiger partial charge in [-0.25, -0.2) is 9.59 Å². The molecule has 0 unspecified atom stereocenters. The molecule has 1 saturated heterocycles. The van der Waals surface area contributed by atoms with E-state index in [1.165, 1.54) is 12.0 Å². The summed E-state index contributed by atoms with van der Waals surface area (Å²) in [4.78, 5) is 25.0. The molecule has 0 aromatic rings. The van der Waals surface area contributed by atoms with Crippen molar-refractivity contribution in [3.05, 3.63) is 0 Å². The van der Waals surface area contributed by atoms with E-state index in [0.717, 1.165) is 0 Å². The second kappa shape index (κ2) is 5.56. The van der Waals surface area contributed by atoms with E-state index in [9.17, 15) is 9.59 Å². The van der Waals surface area contributed by atoms with E-state index in [2.05, 4.69) is 0 Å². The molecule has 6 nitrogen and oxygen atoms in total. The number of ether oxygens (including phenoxy) is 2. The van der Waals surface area contributed by atoms with Gasteiger partial charge in [0.2, 0.25) is 0 Å². The number of nitrogens with two attached hydrogens (primary N) is 1. The maximum absolute atomic E-state index is 12.0. The van der Waals surface area contributed by atoms with Gasteiger partial charge in [0.1, 0.15) is 11.6 Å². The van der Waals surface area contributed by atoms with Crippen LogP contribution in [0.1, 0.15) is 33.6 Å². The number of hydrogen-bond donors (Lipinski definition) is 1. The zero-order valence-corrected chi connectivity index (χ0v) is 11.4. The van der Waals surface area contributed by atoms with E-state index in [-0.39, 0.29) is 6.04 Å². The minimum absolute atomic E-state index is 0.126. The van der Waals surface area contributed by atoms with E-state index in [4.69, 9.17) is 15.2 Å². The number of amides is 1. The molecule has 1 fully saturated rings. The highest BCUT2D eigenvalue weighted by Gasteiger charge is 2.37. The van der Waals surface area contributed by atoms with Gasteiger partial charge in [-0.3, -0.25) is 4.90 Å². The van der Waals surface area contributed by atoms with Crippen molar-refractivity contribution in [1.29, 1.82) is 0 Å². The highest BCUT2D eigenvalue weighted by molar-refractivity contribution is 5.81. The van der Waals surface area contributed by atoms with Gasteiger partial charge in [0.05, 0.1) is 7.11 Å². The van der Waals surface area contributed by atoms with Crippen molar-refractivity contribution in [3.8, 4) is 0 Å². The summed E-state index contributed by atoms with van der Waals surface area (Å²) in [6.07, 6.45) is 0.680. The van der Waals surface area contributed by atoms with E-state index in [0.29, 0.717) is 19.4 Å². The van der Waals surface area contributed by atoms with Gasteiger partial charge in [0.25, 0.3) is 0 Å². The number of hydrogen-bond acceptors (Lipinski definition) is 5. The molecule has 1 heterocycles. The average molecular weight is 258 g/mol. The molecule has 6 heteroatoms. The monoisotopic (exact) mass is 258 g/mol. The summed E-state index contributed by atoms with van der Waals surface area (Å²) in [5.74, 6) is -0.423. The Labute approximate surface area is 107 Å². The van der Waals surface area contributed by atoms with Gasteiger partial charge >= 0.3 is 12.1 Å². The SMILES string of the molecule is COC(=O)[C@H]1CC[C@H](N)CN1C(=O)OC(C)(C)C. The molecular formula is C12H22N2O4. The van der Waals surface area contributed by atoms with Crippen molar-refractivity contribution in [2.45, 2.75) is 51.3 Å². The Hall–Kier alpha value is -1.30. The Morgan fingerprint density at radius 3 is 2.39 bits per heavy atom. The first kappa shape index (κ1) is 14.8. The Bertz CT molecular complexity index is 325. The normalized spacial score (nSPS) is 24.6. The van der Waals surface area contributed by atoms with E-state index in [1.54, 1.807) is 20.8 Å². The number of nitrogens with zero attached hydrogens (tertiary/aromatic N) is 1. The molecule has 1 rings (SSSR count). The number of likely N-dealkylation sites (tertiary alicyclic amines) is 1. The van der Waals surface area contributed by atoms with Gasteiger partial charge in [-0.05, 0) is 33.6 Å². The van der Waals surface area contributed by atoms with Crippen LogP contribution in [-0.4, -0.2) is 48.3 Å². The molecule has 1 aliphatic rings. The fourth-order valence-corrected chi connectivity index (χ4v) is 1.90. The average Bonchev–Trinajstić information content (AvgIpc) is 2.25. The largest absolute Gasteiger partial charge is 0.467 e. The standard InChI is InChI=1S/C12H22N2O4/c1-12(2,3)18-11(16)14-7-8(13)5-6-9(14)10(15)17-4/h8-9H,5-7,13H2,1-4H3/t8-,9+/m0/s1. The lowest BCUT2D eigenvalue weighted by Crippen LogP contribution is -2.55. The van der Waals surface area contributed by atoms with Crippen molar-refractivity contribution in [1.82, 2.24) is 4.90 Å². The summed E-state index contributed by atoms with van der Waals surface area (Å²) >= 11 is 0. The van der Waals surface area contributed by atoms with Gasteiger partial charge in [-0.15, -0.1) is 0 Å². The van der Waals surface area contributed by atoms with Crippen molar-refractivity contribution < 1.29 is 19.1 Å². The molecule has 0 spiro atoms. The van der Waals surface area contributed by atoms with Gasteiger partial charge in [0, 0.05) is 12.6 Å². The number of esters is 1. The molecule has 0 radical (unpaired) electrons. The van der Waals surface area contributed by atoms with E-state index < -0.39 is 23.7 Å². The molecule has 0 aromatic heterocycles. The molecule has 2 atom stereocenters. The van der Waals surface area contributed by atoms with Crippen molar-refractivity contribution in [2.24, 2.45) is 5.73 Å². The summed E-state index contributed by atoms with van der Waals surface area (Å²) in [6, 6.07) is -0.719. The van der Waals surface area contributed by atoms with Crippen LogP contribution in [0.3, 0.4) is 0 Å². The fourth-order valence-electron chi connectivity index (χ4n) is 1.90. The predicted octanol–water partition coefficient (Wildman–Crippen LogP) is 0.886. The topological polar surface area (TPSA) is 81.9 Å². The Morgan fingerprint density at radius 1 is 1.28 bits per heavy atom. The molecule has 18 heavy (non-hydrogen) atoms. The van der Waals surface area contributed by atoms with Gasteiger partial charge < -0.3 is 15.2 Å². The van der Waals surface area contributed by atoms with Crippen LogP contribution in [0.4, 0.5) is 4.79 Å². The highest BCUT2D eigenvalue weighted by Crippen LogP contribution is 2.20. The molecule has 0 bridgehead atoms. The van der Waals surface area contributed by atoms with Crippen LogP contribution in [0.15, 0.2) is 0 Å². The summed E-state index contributed by atoms with van der Waals surface area (Å²) in [6.45, 7) is 5.65. The highest BCUT2D eigenvalue weighted by atomic mass is 16.6. The zero-order chi connectivity index (χ0) is 13.9. The second-order valence-corrected chi connectivity index (χ2v) is 5.51. The first-order valence-electron chi connectivity index (χ1n) is 6.07. The van der Waals surface area contributed by atoms with Gasteiger partial charge in [-0.2, -0.15) is 0 Å². The third-order valence-corrected chi connectivity index (χ3v) is 2.72. The molecule has 0 saturated carbocycles. The number of carbonyl (C=O) groups excluding carboxylic acids is 2. The minimum Gasteiger partial charge on any atom is -0.467 e. The van der Waals surface area contributed by atoms with Gasteiger partial charge in [-0.1, -0.05) is 0 Å². The lowest BCUT2D eigenvalue weighted by Gasteiger charge is -2.37. The van der Waals surface area contributed by atoms with Crippen molar-refractivity contribution in [3.63, 3.8) is 0 Å². The summed E-state index contributed by atoms with van der Waals surface area (Å²) in [5, 5.41) is 0. The Kier molecular flexibility index (Phi) is 4.56. The van der Waals surface area contributed by atoms with Crippen LogP contribution >= 0.6 is 0 Å². The lowest BCUT2D eigenvalue weighted by molar-refractivity contribution is -0.148. The Morgan fingerprint density at radius 2 is 1.89 bits per heavy atom. The van der Waals surface area contributed by atoms with E-state index in [1.807, 2.05) is 0 Å². The van der Waals surface area contributed by atoms with Crippen LogP contribution in [0.2, 0.25) is 0 Å². The fraction of sp³-hybridized carbons (Fsp3) is 0.833. The first-order chi connectivity index (χ1) is 8.24. The predicted molar refractivity (Wildman–Crippen MR) is 66.0 cm³/mol. The van der Waals surface area contributed by atoms with Crippen LogP contribution in [-0.2, 0) is 14.3 Å². The molecule has 104 valence electrons. The number of carbonyl (C=O) groups is 2. The van der Waals surface area contributed by atoms with Crippen LogP contribution in [0, 0.1) is 0 Å². The molecule has 1 aliphatic heterocycles. The zero-order valence-electron chi connectivity index (χ0n) is 11.4. The molecule has 0 aliphatic carbocycles. The third kappa shape index (κ3) is 3.87. The molecule has 2 N–H and O–H groups in total. The molecular weight excluding hydrogens is 236 g/mol. The van der Waals surface area contributed by atoms with Crippen LogP contribution in [0.25, 0.3) is 0 Å². The van der Waals surface area contributed by atoms with E-state index >= 15 is 0 Å². The third-order valence-electron chi connectivity index (χ3n) is 2.72. The van der Waals surface area contributed by atoms with Crippen molar-refractivity contribution in [2.75, 3.05) is 13.7 Å². The first-order valence-corrected chi connectivity index (χ1v) is 6.07. The quantitative estimate of drug-likeness (QED) is 0.706. The number of rotatable bonds is 1. The van der Waals surface area contributed by atoms with Crippen LogP contribution in [0.5, 0.6) is 0 Å². The van der Waals surface area contributed by atoms with Crippen molar-refractivity contribution >= 4 is 12.1 Å². The lowest BCUT2D eigenvalue weighted by atomic mass is 9.99. The molecule has 0 aromatic carbocycles. The van der Waals surface area contributed by atoms with Gasteiger partial charge in [0.15, 0.2) is 0 Å². The number of piperidine rings is 1. The minimum atomic E-state index is -0.598. The number of methoxy groups -OCH3 is 1. The smallest absolute Gasteiger partial charge is 0.411 e. The summed E-state index contributed by atoms with van der Waals surface area (Å²) in [7, 11) is 1.31. The van der Waals surface area contributed by atoms with Crippen LogP contribution < -0.4 is 5.73 Å². The summed E-state index contributed by atoms with van der Waals surface area (Å²) in [5.41, 5.74) is 5.23. The second-order valence-electron chi connectivity index (χ2n) is 5.51. The summed E-state index contributed by atoms with van der Waals surface area (Å²) < 4.78 is 9.98. The maximum atomic E-state index is 12.0.